The number of aryl methyl sites for hydroxylation is 1. The fraction of sp³-hybridized carbons (Fsp3) is 0.688. The summed E-state index contributed by atoms with van der Waals surface area (Å²) in [5, 5.41) is 3.41. The van der Waals surface area contributed by atoms with E-state index in [9.17, 15) is 0 Å². The normalized spacial score (nSPS) is 23.1. The summed E-state index contributed by atoms with van der Waals surface area (Å²) in [6.45, 7) is 12.2. The lowest BCUT2D eigenvalue weighted by Crippen LogP contribution is -2.49. The van der Waals surface area contributed by atoms with E-state index >= 15 is 0 Å². The van der Waals surface area contributed by atoms with Gasteiger partial charge < -0.3 is 15.0 Å². The maximum Gasteiger partial charge on any atom is 0.0723 e. The molecule has 1 N–H and O–H groups in total. The summed E-state index contributed by atoms with van der Waals surface area (Å²) in [6.07, 6.45) is 3.41. The number of aromatic nitrogens is 1. The minimum Gasteiger partial charge on any atom is -0.375 e. The van der Waals surface area contributed by atoms with Gasteiger partial charge in [-0.25, -0.2) is 0 Å². The molecule has 0 aliphatic carbocycles. The van der Waals surface area contributed by atoms with E-state index in [0.717, 1.165) is 38.4 Å². The Balaban J connectivity index is 2.29. The van der Waals surface area contributed by atoms with Crippen molar-refractivity contribution < 1.29 is 4.74 Å². The van der Waals surface area contributed by atoms with E-state index in [4.69, 9.17) is 4.74 Å². The zero-order valence-electron chi connectivity index (χ0n) is 13.1. The molecule has 0 aromatic carbocycles. The molecule has 2 unspecified atom stereocenters. The fourth-order valence-corrected chi connectivity index (χ4v) is 2.71. The maximum atomic E-state index is 5.81. The summed E-state index contributed by atoms with van der Waals surface area (Å²) in [6, 6.07) is 2.68. The summed E-state index contributed by atoms with van der Waals surface area (Å²) in [5.74, 6) is 0. The second-order valence-corrected chi connectivity index (χ2v) is 5.59. The van der Waals surface area contributed by atoms with Gasteiger partial charge in [0.2, 0.25) is 0 Å². The first-order valence-electron chi connectivity index (χ1n) is 7.70. The smallest absolute Gasteiger partial charge is 0.0723 e. The maximum absolute atomic E-state index is 5.81. The standard InChI is InChI=1S/C16H27N3O/c1-5-15-11-20-13(4)10-19(15)16-7-12(3)18-9-14(16)8-17-6-2/h7,9,13,15,17H,5-6,8,10-11H2,1-4H3. The minimum atomic E-state index is 0.290. The zero-order valence-corrected chi connectivity index (χ0v) is 13.1. The second-order valence-electron chi connectivity index (χ2n) is 5.59. The van der Waals surface area contributed by atoms with Gasteiger partial charge in [-0.3, -0.25) is 4.98 Å². The minimum absolute atomic E-state index is 0.290. The van der Waals surface area contributed by atoms with Gasteiger partial charge in [0.25, 0.3) is 0 Å². The van der Waals surface area contributed by atoms with Crippen molar-refractivity contribution in [2.24, 2.45) is 0 Å². The Morgan fingerprint density at radius 2 is 2.25 bits per heavy atom. The second kappa shape index (κ2) is 7.04. The molecule has 1 aliphatic rings. The van der Waals surface area contributed by atoms with Gasteiger partial charge in [0.1, 0.15) is 0 Å². The highest BCUT2D eigenvalue weighted by molar-refractivity contribution is 5.55. The first kappa shape index (κ1) is 15.3. The number of rotatable bonds is 5. The molecule has 112 valence electrons. The van der Waals surface area contributed by atoms with E-state index in [2.05, 4.69) is 49.0 Å². The number of hydrogen-bond acceptors (Lipinski definition) is 4. The number of anilines is 1. The van der Waals surface area contributed by atoms with Gasteiger partial charge in [-0.2, -0.15) is 0 Å². The summed E-state index contributed by atoms with van der Waals surface area (Å²) < 4.78 is 5.81. The molecule has 0 radical (unpaired) electrons. The van der Waals surface area contributed by atoms with Crippen LogP contribution >= 0.6 is 0 Å². The third kappa shape index (κ3) is 3.49. The van der Waals surface area contributed by atoms with Crippen LogP contribution < -0.4 is 10.2 Å². The van der Waals surface area contributed by atoms with Crippen LogP contribution in [0.15, 0.2) is 12.3 Å². The molecule has 4 nitrogen and oxygen atoms in total. The third-order valence-corrected chi connectivity index (χ3v) is 3.91. The molecule has 1 saturated heterocycles. The molecule has 1 aliphatic heterocycles. The molecule has 1 aromatic heterocycles. The van der Waals surface area contributed by atoms with E-state index in [1.807, 2.05) is 6.20 Å². The number of nitrogens with zero attached hydrogens (tertiary/aromatic N) is 2. The van der Waals surface area contributed by atoms with E-state index in [0.29, 0.717) is 12.1 Å². The molecule has 1 aromatic rings. The Hall–Kier alpha value is -1.13. The highest BCUT2D eigenvalue weighted by Gasteiger charge is 2.27. The lowest BCUT2D eigenvalue weighted by Gasteiger charge is -2.41. The molecule has 0 amide bonds. The summed E-state index contributed by atoms with van der Waals surface area (Å²) in [5.41, 5.74) is 3.68. The molecule has 0 saturated carbocycles. The molecule has 4 heteroatoms. The Labute approximate surface area is 122 Å². The molecule has 2 heterocycles. The number of morpholine rings is 1. The lowest BCUT2D eigenvalue weighted by molar-refractivity contribution is 0.0299. The van der Waals surface area contributed by atoms with Crippen molar-refractivity contribution >= 4 is 5.69 Å². The topological polar surface area (TPSA) is 37.4 Å². The predicted molar refractivity (Wildman–Crippen MR) is 83.2 cm³/mol. The van der Waals surface area contributed by atoms with Crippen molar-refractivity contribution in [3.05, 3.63) is 23.5 Å². The van der Waals surface area contributed by atoms with Gasteiger partial charge in [-0.15, -0.1) is 0 Å². The van der Waals surface area contributed by atoms with E-state index in [1.165, 1.54) is 11.3 Å². The Bertz CT molecular complexity index is 436. The van der Waals surface area contributed by atoms with Gasteiger partial charge in [-0.1, -0.05) is 13.8 Å². The van der Waals surface area contributed by atoms with Crippen molar-refractivity contribution in [2.75, 3.05) is 24.6 Å². The van der Waals surface area contributed by atoms with Gasteiger partial charge >= 0.3 is 0 Å². The summed E-state index contributed by atoms with van der Waals surface area (Å²) in [7, 11) is 0. The van der Waals surface area contributed by atoms with E-state index in [-0.39, 0.29) is 0 Å². The van der Waals surface area contributed by atoms with Gasteiger partial charge in [-0.05, 0) is 32.9 Å². The molecular weight excluding hydrogens is 250 g/mol. The van der Waals surface area contributed by atoms with Gasteiger partial charge in [0.15, 0.2) is 0 Å². The van der Waals surface area contributed by atoms with Crippen molar-refractivity contribution in [1.29, 1.82) is 0 Å². The average Bonchev–Trinajstić information content (AvgIpc) is 2.46. The van der Waals surface area contributed by atoms with Crippen LogP contribution in [0.2, 0.25) is 0 Å². The molecule has 0 spiro atoms. The Kier molecular flexibility index (Phi) is 5.38. The van der Waals surface area contributed by atoms with E-state index < -0.39 is 0 Å². The molecule has 1 fully saturated rings. The molecular formula is C16H27N3O. The predicted octanol–water partition coefficient (Wildman–Crippen LogP) is 2.50. The van der Waals surface area contributed by atoms with Crippen LogP contribution in [0.25, 0.3) is 0 Å². The van der Waals surface area contributed by atoms with Crippen LogP contribution in [0, 0.1) is 6.92 Å². The SMILES string of the molecule is CCNCc1cnc(C)cc1N1CC(C)OCC1CC. The third-order valence-electron chi connectivity index (χ3n) is 3.91. The van der Waals surface area contributed by atoms with Crippen molar-refractivity contribution in [2.45, 2.75) is 52.8 Å². The van der Waals surface area contributed by atoms with Crippen LogP contribution in [0.5, 0.6) is 0 Å². The molecule has 0 bridgehead atoms. The van der Waals surface area contributed by atoms with E-state index in [1.54, 1.807) is 0 Å². The zero-order chi connectivity index (χ0) is 14.5. The van der Waals surface area contributed by atoms with Crippen LogP contribution in [-0.4, -0.2) is 36.8 Å². The average molecular weight is 277 g/mol. The molecule has 2 atom stereocenters. The fourth-order valence-electron chi connectivity index (χ4n) is 2.71. The monoisotopic (exact) mass is 277 g/mol. The summed E-state index contributed by atoms with van der Waals surface area (Å²) in [4.78, 5) is 6.97. The first-order valence-corrected chi connectivity index (χ1v) is 7.70. The summed E-state index contributed by atoms with van der Waals surface area (Å²) >= 11 is 0. The quantitative estimate of drug-likeness (QED) is 0.897. The highest BCUT2D eigenvalue weighted by Crippen LogP contribution is 2.27. The van der Waals surface area contributed by atoms with Crippen LogP contribution in [0.1, 0.15) is 38.4 Å². The lowest BCUT2D eigenvalue weighted by atomic mass is 10.1. The van der Waals surface area contributed by atoms with Crippen LogP contribution in [0.4, 0.5) is 5.69 Å². The number of hydrogen-bond donors (Lipinski definition) is 1. The first-order chi connectivity index (χ1) is 9.65. The number of pyridine rings is 1. The van der Waals surface area contributed by atoms with Crippen molar-refractivity contribution in [1.82, 2.24) is 10.3 Å². The van der Waals surface area contributed by atoms with Crippen molar-refractivity contribution in [3.8, 4) is 0 Å². The molecule has 20 heavy (non-hydrogen) atoms. The Morgan fingerprint density at radius 1 is 1.45 bits per heavy atom. The highest BCUT2D eigenvalue weighted by atomic mass is 16.5. The largest absolute Gasteiger partial charge is 0.375 e. The van der Waals surface area contributed by atoms with Crippen molar-refractivity contribution in [3.63, 3.8) is 0 Å². The van der Waals surface area contributed by atoms with Crippen LogP contribution in [-0.2, 0) is 11.3 Å². The number of nitrogens with one attached hydrogen (secondary N) is 1. The van der Waals surface area contributed by atoms with Crippen LogP contribution in [0.3, 0.4) is 0 Å². The Morgan fingerprint density at radius 3 is 2.95 bits per heavy atom. The number of ether oxygens (including phenoxy) is 1. The van der Waals surface area contributed by atoms with Gasteiger partial charge in [0, 0.05) is 36.2 Å². The van der Waals surface area contributed by atoms with Gasteiger partial charge in [0.05, 0.1) is 18.8 Å². The molecule has 2 rings (SSSR count).